The van der Waals surface area contributed by atoms with Crippen molar-refractivity contribution in [2.45, 2.75) is 83.7 Å². The maximum Gasteiger partial charge on any atom is 0.303 e. The van der Waals surface area contributed by atoms with Crippen LogP contribution < -0.4 is 0 Å². The third-order valence-electron chi connectivity index (χ3n) is 3.23. The molecule has 0 rings (SSSR count). The molecule has 0 heterocycles. The van der Waals surface area contributed by atoms with Crippen molar-refractivity contribution in [3.8, 4) is 0 Å². The molecule has 1 unspecified atom stereocenters. The summed E-state index contributed by atoms with van der Waals surface area (Å²) in [6, 6.07) is 0. The Hall–Kier alpha value is -2.20. The van der Waals surface area contributed by atoms with Crippen LogP contribution in [0.3, 0.4) is 0 Å². The molecule has 0 saturated carbocycles. The Morgan fingerprint density at radius 1 is 0.643 bits per heavy atom. The monoisotopic (exact) mass is 410 g/mol. The lowest BCUT2D eigenvalue weighted by atomic mass is 10.2. The molecule has 0 bridgehead atoms. The molecule has 0 aliphatic carbocycles. The first-order chi connectivity index (χ1) is 13.1. The van der Waals surface area contributed by atoms with Gasteiger partial charge >= 0.3 is 23.9 Å². The summed E-state index contributed by atoms with van der Waals surface area (Å²) in [6.45, 7) is 2.12. The molecule has 0 saturated heterocycles. The van der Waals surface area contributed by atoms with Gasteiger partial charge < -0.3 is 30.6 Å². The Bertz CT molecular complexity index is 359. The van der Waals surface area contributed by atoms with Crippen LogP contribution in [-0.4, -0.2) is 67.2 Å². The largest absolute Gasteiger partial charge is 0.481 e. The molecule has 10 heteroatoms. The van der Waals surface area contributed by atoms with E-state index < -0.39 is 23.9 Å². The van der Waals surface area contributed by atoms with E-state index in [4.69, 9.17) is 30.6 Å². The topological polar surface area (TPSA) is 190 Å². The third-order valence-corrected chi connectivity index (χ3v) is 3.23. The summed E-state index contributed by atoms with van der Waals surface area (Å²) in [5, 5.41) is 49.7. The number of unbranched alkanes of at least 4 members (excludes halogenated alkanes) is 2. The molecule has 0 spiro atoms. The maximum atomic E-state index is 9.90. The smallest absolute Gasteiger partial charge is 0.303 e. The predicted octanol–water partition coefficient (Wildman–Crippen LogP) is 1.96. The fraction of sp³-hybridized carbons (Fsp3) is 0.778. The second-order valence-electron chi connectivity index (χ2n) is 5.92. The van der Waals surface area contributed by atoms with Crippen molar-refractivity contribution in [1.82, 2.24) is 0 Å². The van der Waals surface area contributed by atoms with Gasteiger partial charge in [0.25, 0.3) is 0 Å². The predicted molar refractivity (Wildman–Crippen MR) is 100 cm³/mol. The minimum atomic E-state index is -0.870. The molecular weight excluding hydrogens is 376 g/mol. The molecule has 0 fully saturated rings. The van der Waals surface area contributed by atoms with Crippen molar-refractivity contribution in [1.29, 1.82) is 0 Å². The van der Waals surface area contributed by atoms with Gasteiger partial charge in [0.1, 0.15) is 0 Å². The molecule has 0 aromatic rings. The van der Waals surface area contributed by atoms with Crippen LogP contribution in [0.25, 0.3) is 0 Å². The number of rotatable bonds is 14. The molecule has 0 aromatic carbocycles. The van der Waals surface area contributed by atoms with Crippen LogP contribution in [0.2, 0.25) is 0 Å². The zero-order chi connectivity index (χ0) is 22.4. The summed E-state index contributed by atoms with van der Waals surface area (Å²) in [4.78, 5) is 39.6. The highest BCUT2D eigenvalue weighted by Gasteiger charge is 2.00. The quantitative estimate of drug-likeness (QED) is 0.231. The molecule has 0 aromatic heterocycles. The lowest BCUT2D eigenvalue weighted by molar-refractivity contribution is -0.139. The zero-order valence-electron chi connectivity index (χ0n) is 16.4. The van der Waals surface area contributed by atoms with E-state index in [1.165, 1.54) is 0 Å². The summed E-state index contributed by atoms with van der Waals surface area (Å²) in [6.07, 6.45) is 4.07. The van der Waals surface area contributed by atoms with Crippen molar-refractivity contribution in [2.75, 3.05) is 6.61 Å². The van der Waals surface area contributed by atoms with E-state index in [1.54, 1.807) is 0 Å². The number of aliphatic hydroxyl groups excluding tert-OH is 2. The zero-order valence-corrected chi connectivity index (χ0v) is 16.4. The van der Waals surface area contributed by atoms with Gasteiger partial charge in [-0.3, -0.25) is 19.2 Å². The van der Waals surface area contributed by atoms with Crippen molar-refractivity contribution < 1.29 is 49.8 Å². The first-order valence-electron chi connectivity index (χ1n) is 9.22. The van der Waals surface area contributed by atoms with Crippen molar-refractivity contribution in [2.24, 2.45) is 0 Å². The lowest BCUT2D eigenvalue weighted by Crippen LogP contribution is -2.04. The van der Waals surface area contributed by atoms with E-state index in [9.17, 15) is 19.2 Å². The van der Waals surface area contributed by atoms with Crippen molar-refractivity contribution in [3.05, 3.63) is 0 Å². The van der Waals surface area contributed by atoms with Crippen LogP contribution in [0.1, 0.15) is 77.6 Å². The van der Waals surface area contributed by atoms with E-state index in [1.807, 2.05) is 6.92 Å². The number of carboxylic acids is 4. The van der Waals surface area contributed by atoms with Crippen molar-refractivity contribution in [3.63, 3.8) is 0 Å². The van der Waals surface area contributed by atoms with Crippen LogP contribution in [0.15, 0.2) is 0 Å². The van der Waals surface area contributed by atoms with Gasteiger partial charge in [0.15, 0.2) is 0 Å². The lowest BCUT2D eigenvalue weighted by Gasteiger charge is -2.03. The molecule has 0 radical (unpaired) electrons. The fourth-order valence-corrected chi connectivity index (χ4v) is 1.64. The van der Waals surface area contributed by atoms with Gasteiger partial charge in [-0.25, -0.2) is 0 Å². The first kappa shape index (κ1) is 30.5. The minimum absolute atomic E-state index is 0.0628. The van der Waals surface area contributed by atoms with Crippen LogP contribution in [-0.2, 0) is 19.2 Å². The summed E-state index contributed by atoms with van der Waals surface area (Å²) in [5.41, 5.74) is 0. The average Bonchev–Trinajstić information content (AvgIpc) is 2.61. The number of hydrogen-bond donors (Lipinski definition) is 6. The highest BCUT2D eigenvalue weighted by Crippen LogP contribution is 2.00. The molecular formula is C18H34O10. The molecule has 0 aliphatic heterocycles. The van der Waals surface area contributed by atoms with Crippen LogP contribution in [0.5, 0.6) is 0 Å². The molecule has 1 atom stereocenters. The van der Waals surface area contributed by atoms with E-state index >= 15 is 0 Å². The van der Waals surface area contributed by atoms with E-state index in [0.29, 0.717) is 25.7 Å². The van der Waals surface area contributed by atoms with E-state index in [2.05, 4.69) is 0 Å². The Morgan fingerprint density at radius 3 is 1.11 bits per heavy atom. The second-order valence-corrected chi connectivity index (χ2v) is 5.92. The van der Waals surface area contributed by atoms with Crippen LogP contribution in [0.4, 0.5) is 0 Å². The maximum absolute atomic E-state index is 9.90. The van der Waals surface area contributed by atoms with Gasteiger partial charge in [0, 0.05) is 32.3 Å². The van der Waals surface area contributed by atoms with E-state index in [-0.39, 0.29) is 38.4 Å². The summed E-state index contributed by atoms with van der Waals surface area (Å²) < 4.78 is 0. The summed E-state index contributed by atoms with van der Waals surface area (Å²) in [5.74, 6) is -3.48. The molecule has 28 heavy (non-hydrogen) atoms. The van der Waals surface area contributed by atoms with Gasteiger partial charge in [-0.1, -0.05) is 6.92 Å². The van der Waals surface area contributed by atoms with Gasteiger partial charge in [0.05, 0.1) is 6.10 Å². The van der Waals surface area contributed by atoms with Crippen LogP contribution in [0, 0.1) is 0 Å². The molecule has 0 amide bonds. The molecule has 6 N–H and O–H groups in total. The molecule has 10 nitrogen and oxygen atoms in total. The molecule has 166 valence electrons. The highest BCUT2D eigenvalue weighted by atomic mass is 16.4. The third kappa shape index (κ3) is 39.0. The Balaban J connectivity index is -0.000000337. The first-order valence-corrected chi connectivity index (χ1v) is 9.22. The highest BCUT2D eigenvalue weighted by molar-refractivity contribution is 5.68. The van der Waals surface area contributed by atoms with Gasteiger partial charge in [-0.2, -0.15) is 0 Å². The fourth-order valence-electron chi connectivity index (χ4n) is 1.64. The summed E-state index contributed by atoms with van der Waals surface area (Å²) in [7, 11) is 0. The number of hydrogen-bond acceptors (Lipinski definition) is 6. The normalized spacial score (nSPS) is 10.5. The van der Waals surface area contributed by atoms with Crippen LogP contribution >= 0.6 is 0 Å². The Morgan fingerprint density at radius 2 is 0.929 bits per heavy atom. The van der Waals surface area contributed by atoms with Gasteiger partial charge in [-0.05, 0) is 44.9 Å². The average molecular weight is 410 g/mol. The van der Waals surface area contributed by atoms with Gasteiger partial charge in [-0.15, -0.1) is 0 Å². The van der Waals surface area contributed by atoms with Crippen molar-refractivity contribution >= 4 is 23.9 Å². The van der Waals surface area contributed by atoms with E-state index in [0.717, 1.165) is 19.3 Å². The number of carboxylic acid groups (broad SMARTS) is 4. The summed E-state index contributed by atoms with van der Waals surface area (Å²) >= 11 is 0. The SMILES string of the molecule is CCC(O)CCCO.O=C(O)CCCCC(=O)O.O=C(O)CCCCC(=O)O. The minimum Gasteiger partial charge on any atom is -0.481 e. The number of aliphatic hydroxyl groups is 2. The molecule has 0 aliphatic rings. The second kappa shape index (κ2) is 22.8. The number of aliphatic carboxylic acids is 4. The Kier molecular flexibility index (Phi) is 24.9. The van der Waals surface area contributed by atoms with Gasteiger partial charge in [0.2, 0.25) is 0 Å². The Labute approximate surface area is 164 Å². The standard InChI is InChI=1S/2C6H10O4.C6H14O2/c2*7-5(8)3-1-2-4-6(9)10;1-2-6(8)4-3-5-7/h2*1-4H2,(H,7,8)(H,9,10);6-8H,2-5H2,1H3. The number of carbonyl (C=O) groups is 4.